The van der Waals surface area contributed by atoms with Gasteiger partial charge in [0.05, 0.1) is 5.69 Å². The first-order valence-corrected chi connectivity index (χ1v) is 7.96. The van der Waals surface area contributed by atoms with Gasteiger partial charge < -0.3 is 21.3 Å². The fourth-order valence-electron chi connectivity index (χ4n) is 2.28. The number of carboxylic acid groups (broad SMARTS) is 1. The number of aromatic carboxylic acids is 1. The van der Waals surface area contributed by atoms with E-state index in [0.29, 0.717) is 0 Å². The molecule has 138 valence electrons. The molecular weight excluding hydrogens is 346 g/mol. The lowest BCUT2D eigenvalue weighted by molar-refractivity contribution is -0.131. The summed E-state index contributed by atoms with van der Waals surface area (Å²) in [5.74, 6) is -1.49. The second kappa shape index (κ2) is 9.00. The number of para-hydroxylation sites is 1. The van der Waals surface area contributed by atoms with E-state index < -0.39 is 11.9 Å². The second-order valence-corrected chi connectivity index (χ2v) is 5.46. The normalized spacial score (nSPS) is 9.67. The third kappa shape index (κ3) is 5.86. The summed E-state index contributed by atoms with van der Waals surface area (Å²) in [4.78, 5) is 25.2. The number of benzene rings is 3. The van der Waals surface area contributed by atoms with Crippen molar-refractivity contribution in [1.82, 2.24) is 0 Å². The van der Waals surface area contributed by atoms with Crippen molar-refractivity contribution in [1.29, 1.82) is 0 Å². The van der Waals surface area contributed by atoms with Crippen LogP contribution in [0.25, 0.3) is 10.8 Å². The third-order valence-electron chi connectivity index (χ3n) is 3.36. The van der Waals surface area contributed by atoms with Gasteiger partial charge in [-0.05, 0) is 35.0 Å². The fourth-order valence-corrected chi connectivity index (χ4v) is 2.28. The summed E-state index contributed by atoms with van der Waals surface area (Å²) in [6.07, 6.45) is 0. The molecule has 3 aromatic carbocycles. The lowest BCUT2D eigenvalue weighted by Gasteiger charge is -2.03. The Hall–Kier alpha value is -3.87. The number of carbonyl (C=O) groups excluding carboxylic acids is 1. The Morgan fingerprint density at radius 3 is 2.19 bits per heavy atom. The fraction of sp³-hybridized carbons (Fsp3) is 0.0500. The molecule has 0 bridgehead atoms. The lowest BCUT2D eigenvalue weighted by atomic mass is 10.1. The van der Waals surface area contributed by atoms with Crippen LogP contribution < -0.4 is 16.2 Å². The van der Waals surface area contributed by atoms with E-state index in [0.717, 1.165) is 11.1 Å². The van der Waals surface area contributed by atoms with Crippen molar-refractivity contribution in [2.75, 3.05) is 0 Å². The minimum absolute atomic E-state index is 0.0160. The van der Waals surface area contributed by atoms with Crippen molar-refractivity contribution in [3.63, 3.8) is 0 Å². The zero-order chi connectivity index (χ0) is 19.8. The van der Waals surface area contributed by atoms with Crippen molar-refractivity contribution >= 4 is 34.4 Å². The maximum atomic E-state index is 10.6. The number of carbonyl (C=O) groups is 2. The number of rotatable bonds is 3. The number of esters is 1. The molecule has 7 nitrogen and oxygen atoms in total. The Labute approximate surface area is 155 Å². The molecule has 7 heteroatoms. The molecule has 0 radical (unpaired) electrons. The van der Waals surface area contributed by atoms with Crippen LogP contribution in [0.3, 0.4) is 0 Å². The predicted molar refractivity (Wildman–Crippen MR) is 104 cm³/mol. The van der Waals surface area contributed by atoms with Crippen molar-refractivity contribution in [2.45, 2.75) is 6.92 Å². The molecule has 0 aliphatic rings. The van der Waals surface area contributed by atoms with Crippen LogP contribution in [0.5, 0.6) is 5.75 Å². The van der Waals surface area contributed by atoms with Gasteiger partial charge in [0, 0.05) is 6.92 Å². The molecule has 0 saturated heterocycles. The molecule has 5 N–H and O–H groups in total. The van der Waals surface area contributed by atoms with E-state index >= 15 is 0 Å². The Kier molecular flexibility index (Phi) is 6.49. The highest BCUT2D eigenvalue weighted by molar-refractivity contribution is 5.91. The largest absolute Gasteiger partial charge is 0.478 e. The topological polar surface area (TPSA) is 128 Å². The van der Waals surface area contributed by atoms with Gasteiger partial charge >= 0.3 is 11.9 Å². The number of fused-ring (bicyclic) bond motifs is 1. The molecule has 0 aromatic heterocycles. The molecule has 0 amide bonds. The van der Waals surface area contributed by atoms with Crippen molar-refractivity contribution in [2.24, 2.45) is 16.5 Å². The van der Waals surface area contributed by atoms with E-state index in [1.165, 1.54) is 24.4 Å². The second-order valence-electron chi connectivity index (χ2n) is 5.46. The molecule has 27 heavy (non-hydrogen) atoms. The van der Waals surface area contributed by atoms with E-state index in [1.54, 1.807) is 12.1 Å². The van der Waals surface area contributed by atoms with Crippen LogP contribution in [0.1, 0.15) is 17.3 Å². The summed E-state index contributed by atoms with van der Waals surface area (Å²) in [6, 6.07) is 19.9. The number of hydrogen-bond acceptors (Lipinski definition) is 4. The maximum absolute atomic E-state index is 10.6. The highest BCUT2D eigenvalue weighted by Gasteiger charge is 2.11. The van der Waals surface area contributed by atoms with Gasteiger partial charge in [0.15, 0.2) is 5.96 Å². The minimum atomic E-state index is -1.11. The first-order valence-electron chi connectivity index (χ1n) is 7.96. The lowest BCUT2D eigenvalue weighted by Crippen LogP contribution is -2.21. The van der Waals surface area contributed by atoms with Gasteiger partial charge in [-0.15, -0.1) is 0 Å². The molecule has 3 aromatic rings. The van der Waals surface area contributed by atoms with Gasteiger partial charge in [-0.3, -0.25) is 4.79 Å². The van der Waals surface area contributed by atoms with Crippen LogP contribution in [0.4, 0.5) is 5.69 Å². The van der Waals surface area contributed by atoms with E-state index in [9.17, 15) is 9.59 Å². The van der Waals surface area contributed by atoms with Gasteiger partial charge in [0.2, 0.25) is 0 Å². The number of ether oxygens (including phenoxy) is 1. The summed E-state index contributed by atoms with van der Waals surface area (Å²) in [5, 5.41) is 11.0. The summed E-state index contributed by atoms with van der Waals surface area (Å²) >= 11 is 0. The standard InChI is InChI=1S/C11H11N3.C9H8O4/c12-11(13)14-10-6-5-8-3-1-2-4-9(8)7-10;1-6(10)13-8-5-3-2-4-7(8)9(11)12/h1-7H,(H4,12,13,14);2-5H,1H3,(H,11,12). The number of hydrogen-bond donors (Lipinski definition) is 3. The summed E-state index contributed by atoms with van der Waals surface area (Å²) in [6.45, 7) is 1.22. The molecule has 0 spiro atoms. The molecule has 0 atom stereocenters. The molecule has 0 heterocycles. The minimum Gasteiger partial charge on any atom is -0.478 e. The van der Waals surface area contributed by atoms with E-state index in [2.05, 4.69) is 15.8 Å². The summed E-state index contributed by atoms with van der Waals surface area (Å²) < 4.78 is 4.69. The average Bonchev–Trinajstić information content (AvgIpc) is 2.61. The molecule has 0 saturated carbocycles. The van der Waals surface area contributed by atoms with Gasteiger partial charge in [-0.2, -0.15) is 0 Å². The highest BCUT2D eigenvalue weighted by atomic mass is 16.5. The van der Waals surface area contributed by atoms with Gasteiger partial charge in [0.1, 0.15) is 11.3 Å². The van der Waals surface area contributed by atoms with Crippen LogP contribution in [0.15, 0.2) is 71.7 Å². The molecule has 0 aliphatic carbocycles. The number of guanidine groups is 1. The average molecular weight is 365 g/mol. The Balaban J connectivity index is 0.000000194. The third-order valence-corrected chi connectivity index (χ3v) is 3.36. The van der Waals surface area contributed by atoms with Crippen LogP contribution >= 0.6 is 0 Å². The summed E-state index contributed by atoms with van der Waals surface area (Å²) in [5.41, 5.74) is 11.4. The Morgan fingerprint density at radius 1 is 0.926 bits per heavy atom. The molecule has 0 unspecified atom stereocenters. The van der Waals surface area contributed by atoms with E-state index in [-0.39, 0.29) is 17.3 Å². The zero-order valence-corrected chi connectivity index (χ0v) is 14.6. The van der Waals surface area contributed by atoms with Gasteiger partial charge in [0.25, 0.3) is 0 Å². The van der Waals surface area contributed by atoms with Crippen LogP contribution in [0, 0.1) is 0 Å². The Bertz CT molecular complexity index is 995. The predicted octanol–water partition coefficient (Wildman–Crippen LogP) is 3.05. The van der Waals surface area contributed by atoms with Crippen molar-refractivity contribution in [3.05, 3.63) is 72.3 Å². The maximum Gasteiger partial charge on any atom is 0.339 e. The van der Waals surface area contributed by atoms with Gasteiger partial charge in [-0.25, -0.2) is 9.79 Å². The highest BCUT2D eigenvalue weighted by Crippen LogP contribution is 2.20. The smallest absolute Gasteiger partial charge is 0.339 e. The monoisotopic (exact) mass is 365 g/mol. The Morgan fingerprint density at radius 2 is 1.56 bits per heavy atom. The first-order chi connectivity index (χ1) is 12.9. The zero-order valence-electron chi connectivity index (χ0n) is 14.6. The van der Waals surface area contributed by atoms with Crippen LogP contribution in [0.2, 0.25) is 0 Å². The van der Waals surface area contributed by atoms with Crippen LogP contribution in [-0.2, 0) is 4.79 Å². The van der Waals surface area contributed by atoms with Crippen molar-refractivity contribution < 1.29 is 19.4 Å². The molecule has 0 aliphatic heterocycles. The van der Waals surface area contributed by atoms with Crippen molar-refractivity contribution in [3.8, 4) is 5.75 Å². The SMILES string of the molecule is CC(=O)Oc1ccccc1C(=O)O.NC(N)=Nc1ccc2ccccc2c1. The number of nitrogens with two attached hydrogens (primary N) is 2. The molecule has 3 rings (SSSR count). The van der Waals surface area contributed by atoms with Gasteiger partial charge in [-0.1, -0.05) is 42.5 Å². The number of carboxylic acids is 1. The first kappa shape index (κ1) is 19.5. The molecular formula is C20H19N3O4. The van der Waals surface area contributed by atoms with E-state index in [4.69, 9.17) is 16.6 Å². The summed E-state index contributed by atoms with van der Waals surface area (Å²) in [7, 11) is 0. The van der Waals surface area contributed by atoms with E-state index in [1.807, 2.05) is 36.4 Å². The number of nitrogens with zero attached hydrogens (tertiary/aromatic N) is 1. The molecule has 0 fully saturated rings. The quantitative estimate of drug-likeness (QED) is 0.283. The van der Waals surface area contributed by atoms with Crippen LogP contribution in [-0.4, -0.2) is 23.0 Å². The number of aliphatic imine (C=N–C) groups is 1.